The van der Waals surface area contributed by atoms with Gasteiger partial charge >= 0.3 is 5.97 Å². The van der Waals surface area contributed by atoms with E-state index in [0.717, 1.165) is 12.1 Å². The molecule has 0 unspecified atom stereocenters. The molecule has 0 aliphatic carbocycles. The highest BCUT2D eigenvalue weighted by Crippen LogP contribution is 2.25. The van der Waals surface area contributed by atoms with Crippen LogP contribution in [0.25, 0.3) is 5.69 Å². The molecule has 2 heterocycles. The Morgan fingerprint density at radius 3 is 2.68 bits per heavy atom. The summed E-state index contributed by atoms with van der Waals surface area (Å²) in [4.78, 5) is 27.6. The zero-order valence-electron chi connectivity index (χ0n) is 14.4. The Balaban J connectivity index is 1.95. The first-order chi connectivity index (χ1) is 13.3. The minimum absolute atomic E-state index is 0.0781. The standard InChI is InChI=1S/C19H13BrF2N2O4/c1-10-6-16(28-9-11-2-3-12(21)7-14(11)22)17(20)18(25)24(10)13-4-5-23-15(8-13)19(26)27/h2-8H,9H2,1H3,(H,26,27). The van der Waals surface area contributed by atoms with Crippen molar-refractivity contribution in [2.45, 2.75) is 13.5 Å². The molecule has 3 aromatic rings. The molecule has 1 aromatic carbocycles. The summed E-state index contributed by atoms with van der Waals surface area (Å²) in [5.74, 6) is -2.49. The highest BCUT2D eigenvalue weighted by atomic mass is 79.9. The minimum atomic E-state index is -1.21. The van der Waals surface area contributed by atoms with Gasteiger partial charge in [-0.1, -0.05) is 0 Å². The molecule has 28 heavy (non-hydrogen) atoms. The van der Waals surface area contributed by atoms with Gasteiger partial charge < -0.3 is 9.84 Å². The van der Waals surface area contributed by atoms with Gasteiger partial charge in [0.15, 0.2) is 0 Å². The van der Waals surface area contributed by atoms with Crippen LogP contribution in [0.3, 0.4) is 0 Å². The van der Waals surface area contributed by atoms with Crippen molar-refractivity contribution in [2.24, 2.45) is 0 Å². The number of carboxylic acids is 1. The van der Waals surface area contributed by atoms with E-state index in [-0.39, 0.29) is 28.1 Å². The smallest absolute Gasteiger partial charge is 0.354 e. The van der Waals surface area contributed by atoms with Crippen LogP contribution >= 0.6 is 15.9 Å². The third-order valence-corrected chi connectivity index (χ3v) is 4.65. The van der Waals surface area contributed by atoms with Crippen molar-refractivity contribution in [3.05, 3.63) is 86.0 Å². The molecule has 0 aliphatic heterocycles. The summed E-state index contributed by atoms with van der Waals surface area (Å²) in [6.45, 7) is 1.44. The second kappa shape index (κ2) is 7.89. The topological polar surface area (TPSA) is 81.4 Å². The number of ether oxygens (including phenoxy) is 1. The highest BCUT2D eigenvalue weighted by Gasteiger charge is 2.16. The van der Waals surface area contributed by atoms with E-state index in [1.807, 2.05) is 0 Å². The quantitative estimate of drug-likeness (QED) is 0.638. The van der Waals surface area contributed by atoms with Crippen LogP contribution < -0.4 is 10.3 Å². The number of hydrogen-bond acceptors (Lipinski definition) is 4. The number of pyridine rings is 2. The van der Waals surface area contributed by atoms with Gasteiger partial charge in [-0.2, -0.15) is 0 Å². The number of rotatable bonds is 5. The lowest BCUT2D eigenvalue weighted by molar-refractivity contribution is 0.0690. The van der Waals surface area contributed by atoms with Crippen LogP contribution in [0, 0.1) is 18.6 Å². The van der Waals surface area contributed by atoms with Crippen molar-refractivity contribution in [1.82, 2.24) is 9.55 Å². The Hall–Kier alpha value is -3.07. The maximum Gasteiger partial charge on any atom is 0.354 e. The molecule has 0 saturated carbocycles. The highest BCUT2D eigenvalue weighted by molar-refractivity contribution is 9.10. The number of halogens is 3. The van der Waals surface area contributed by atoms with E-state index in [4.69, 9.17) is 9.84 Å². The first-order valence-corrected chi connectivity index (χ1v) is 8.76. The molecular weight excluding hydrogens is 438 g/mol. The number of aromatic carboxylic acids is 1. The molecule has 2 aromatic heterocycles. The van der Waals surface area contributed by atoms with Crippen molar-refractivity contribution in [1.29, 1.82) is 0 Å². The third kappa shape index (κ3) is 3.94. The Morgan fingerprint density at radius 1 is 1.25 bits per heavy atom. The Morgan fingerprint density at radius 2 is 2.00 bits per heavy atom. The number of nitrogens with zero attached hydrogens (tertiary/aromatic N) is 2. The van der Waals surface area contributed by atoms with Gasteiger partial charge in [0.25, 0.3) is 5.56 Å². The zero-order valence-corrected chi connectivity index (χ0v) is 16.0. The summed E-state index contributed by atoms with van der Waals surface area (Å²) in [6, 6.07) is 7.45. The Kier molecular flexibility index (Phi) is 5.55. The van der Waals surface area contributed by atoms with Crippen molar-refractivity contribution < 1.29 is 23.4 Å². The van der Waals surface area contributed by atoms with Crippen LogP contribution in [-0.4, -0.2) is 20.6 Å². The fourth-order valence-electron chi connectivity index (χ4n) is 2.58. The van der Waals surface area contributed by atoms with Crippen molar-refractivity contribution in [2.75, 3.05) is 0 Å². The van der Waals surface area contributed by atoms with Gasteiger partial charge in [0, 0.05) is 29.6 Å². The molecule has 0 spiro atoms. The van der Waals surface area contributed by atoms with Gasteiger partial charge in [-0.25, -0.2) is 18.6 Å². The van der Waals surface area contributed by atoms with E-state index in [2.05, 4.69) is 20.9 Å². The van der Waals surface area contributed by atoms with E-state index in [1.165, 1.54) is 29.0 Å². The first kappa shape index (κ1) is 19.7. The van der Waals surface area contributed by atoms with Gasteiger partial charge in [0.2, 0.25) is 0 Å². The van der Waals surface area contributed by atoms with E-state index < -0.39 is 23.2 Å². The summed E-state index contributed by atoms with van der Waals surface area (Å²) < 4.78 is 33.6. The molecule has 9 heteroatoms. The lowest BCUT2D eigenvalue weighted by atomic mass is 10.2. The third-order valence-electron chi connectivity index (χ3n) is 3.92. The largest absolute Gasteiger partial charge is 0.487 e. The Labute approximate surface area is 166 Å². The maximum atomic E-state index is 13.7. The van der Waals surface area contributed by atoms with Crippen LogP contribution in [0.4, 0.5) is 8.78 Å². The summed E-state index contributed by atoms with van der Waals surface area (Å²) in [5, 5.41) is 9.08. The number of carbonyl (C=O) groups is 1. The zero-order chi connectivity index (χ0) is 20.4. The van der Waals surface area contributed by atoms with Gasteiger partial charge in [0.1, 0.15) is 34.2 Å². The number of aromatic nitrogens is 2. The second-order valence-electron chi connectivity index (χ2n) is 5.83. The first-order valence-electron chi connectivity index (χ1n) is 7.96. The summed E-state index contributed by atoms with van der Waals surface area (Å²) in [7, 11) is 0. The molecule has 144 valence electrons. The van der Waals surface area contributed by atoms with E-state index >= 15 is 0 Å². The van der Waals surface area contributed by atoms with Crippen LogP contribution in [0.1, 0.15) is 21.7 Å². The monoisotopic (exact) mass is 450 g/mol. The molecular formula is C19H13BrF2N2O4. The molecule has 0 bridgehead atoms. The van der Waals surface area contributed by atoms with Crippen molar-refractivity contribution in [3.63, 3.8) is 0 Å². The second-order valence-corrected chi connectivity index (χ2v) is 6.63. The average Bonchev–Trinajstić information content (AvgIpc) is 2.65. The molecule has 0 saturated heterocycles. The molecule has 1 N–H and O–H groups in total. The summed E-state index contributed by atoms with van der Waals surface area (Å²) >= 11 is 3.17. The van der Waals surface area contributed by atoms with Gasteiger partial charge in [0.05, 0.1) is 5.69 Å². The number of benzene rings is 1. The SMILES string of the molecule is Cc1cc(OCc2ccc(F)cc2F)c(Br)c(=O)n1-c1ccnc(C(=O)O)c1. The minimum Gasteiger partial charge on any atom is -0.487 e. The maximum absolute atomic E-state index is 13.7. The van der Waals surface area contributed by atoms with E-state index in [0.29, 0.717) is 11.4 Å². The fourth-order valence-corrected chi connectivity index (χ4v) is 2.98. The normalized spacial score (nSPS) is 10.7. The lowest BCUT2D eigenvalue weighted by Crippen LogP contribution is -2.22. The number of hydrogen-bond donors (Lipinski definition) is 1. The molecule has 0 fully saturated rings. The van der Waals surface area contributed by atoms with Gasteiger partial charge in [-0.05, 0) is 47.1 Å². The molecule has 0 amide bonds. The average molecular weight is 451 g/mol. The number of carboxylic acid groups (broad SMARTS) is 1. The summed E-state index contributed by atoms with van der Waals surface area (Å²) in [6.07, 6.45) is 1.29. The van der Waals surface area contributed by atoms with Crippen LogP contribution in [0.15, 0.2) is 51.9 Å². The van der Waals surface area contributed by atoms with Crippen LogP contribution in [0.2, 0.25) is 0 Å². The van der Waals surface area contributed by atoms with Gasteiger partial charge in [-0.3, -0.25) is 9.36 Å². The lowest BCUT2D eigenvalue weighted by Gasteiger charge is -2.15. The molecule has 0 radical (unpaired) electrons. The predicted octanol–water partition coefficient (Wildman–Crippen LogP) is 3.86. The van der Waals surface area contributed by atoms with Crippen LogP contribution in [-0.2, 0) is 6.61 Å². The fraction of sp³-hybridized carbons (Fsp3) is 0.105. The Bertz CT molecular complexity index is 1130. The molecule has 0 atom stereocenters. The predicted molar refractivity (Wildman–Crippen MR) is 99.9 cm³/mol. The molecule has 0 aliphatic rings. The van der Waals surface area contributed by atoms with Gasteiger partial charge in [-0.15, -0.1) is 0 Å². The molecule has 3 rings (SSSR count). The van der Waals surface area contributed by atoms with E-state index in [1.54, 1.807) is 13.0 Å². The van der Waals surface area contributed by atoms with Crippen LogP contribution in [0.5, 0.6) is 5.75 Å². The van der Waals surface area contributed by atoms with E-state index in [9.17, 15) is 18.4 Å². The van der Waals surface area contributed by atoms with Crippen molar-refractivity contribution >= 4 is 21.9 Å². The van der Waals surface area contributed by atoms with Crippen molar-refractivity contribution in [3.8, 4) is 11.4 Å². The summed E-state index contributed by atoms with van der Waals surface area (Å²) in [5.41, 5.74) is 0.233. The molecule has 6 nitrogen and oxygen atoms in total. The number of aryl methyl sites for hydroxylation is 1.